The van der Waals surface area contributed by atoms with Crippen LogP contribution in [-0.2, 0) is 0 Å². The summed E-state index contributed by atoms with van der Waals surface area (Å²) < 4.78 is 0.918. The second-order valence-electron chi connectivity index (χ2n) is 4.81. The first-order chi connectivity index (χ1) is 8.50. The van der Waals surface area contributed by atoms with E-state index in [1.54, 1.807) is 6.20 Å². The SMILES string of the molecule is CC(C)N(C)CCCCNc1ncc(N)cc1Br. The van der Waals surface area contributed by atoms with Crippen LogP contribution in [0.15, 0.2) is 16.7 Å². The number of nitrogen functional groups attached to an aromatic ring is 1. The molecular weight excluding hydrogens is 292 g/mol. The van der Waals surface area contributed by atoms with E-state index >= 15 is 0 Å². The fraction of sp³-hybridized carbons (Fsp3) is 0.615. The third kappa shape index (κ3) is 5.23. The van der Waals surface area contributed by atoms with Crippen LogP contribution in [0, 0.1) is 0 Å². The van der Waals surface area contributed by atoms with Crippen molar-refractivity contribution in [2.45, 2.75) is 32.7 Å². The highest BCUT2D eigenvalue weighted by Gasteiger charge is 2.03. The van der Waals surface area contributed by atoms with E-state index in [-0.39, 0.29) is 0 Å². The minimum Gasteiger partial charge on any atom is -0.397 e. The van der Waals surface area contributed by atoms with Crippen molar-refractivity contribution >= 4 is 27.4 Å². The van der Waals surface area contributed by atoms with Crippen LogP contribution in [0.1, 0.15) is 26.7 Å². The van der Waals surface area contributed by atoms with E-state index in [1.807, 2.05) is 6.07 Å². The third-order valence-corrected chi connectivity index (χ3v) is 3.58. The first-order valence-electron chi connectivity index (χ1n) is 6.36. The molecule has 18 heavy (non-hydrogen) atoms. The minimum absolute atomic E-state index is 0.617. The number of nitrogens with zero attached hydrogens (tertiary/aromatic N) is 2. The molecule has 3 N–H and O–H groups in total. The lowest BCUT2D eigenvalue weighted by Crippen LogP contribution is -2.27. The Morgan fingerprint density at radius 2 is 2.17 bits per heavy atom. The monoisotopic (exact) mass is 314 g/mol. The molecule has 0 radical (unpaired) electrons. The Morgan fingerprint density at radius 3 is 2.78 bits per heavy atom. The second-order valence-corrected chi connectivity index (χ2v) is 5.66. The van der Waals surface area contributed by atoms with Gasteiger partial charge in [0, 0.05) is 12.6 Å². The summed E-state index contributed by atoms with van der Waals surface area (Å²) in [5.41, 5.74) is 6.31. The van der Waals surface area contributed by atoms with Crippen molar-refractivity contribution < 1.29 is 0 Å². The molecule has 0 aliphatic rings. The second kappa shape index (κ2) is 7.59. The van der Waals surface area contributed by atoms with Gasteiger partial charge >= 0.3 is 0 Å². The third-order valence-electron chi connectivity index (χ3n) is 2.97. The minimum atomic E-state index is 0.617. The van der Waals surface area contributed by atoms with Gasteiger partial charge in [-0.25, -0.2) is 4.98 Å². The van der Waals surface area contributed by atoms with Crippen LogP contribution in [0.2, 0.25) is 0 Å². The van der Waals surface area contributed by atoms with Gasteiger partial charge in [0.25, 0.3) is 0 Å². The predicted octanol–water partition coefficient (Wildman–Crippen LogP) is 2.96. The number of nitrogens with two attached hydrogens (primary N) is 1. The molecule has 0 unspecified atom stereocenters. The van der Waals surface area contributed by atoms with Crippen molar-refractivity contribution in [1.29, 1.82) is 0 Å². The molecule has 102 valence electrons. The first kappa shape index (κ1) is 15.2. The van der Waals surface area contributed by atoms with Crippen LogP contribution in [0.3, 0.4) is 0 Å². The zero-order valence-electron chi connectivity index (χ0n) is 11.4. The summed E-state index contributed by atoms with van der Waals surface area (Å²) in [6.45, 7) is 6.50. The van der Waals surface area contributed by atoms with Crippen molar-refractivity contribution in [2.24, 2.45) is 0 Å². The Hall–Kier alpha value is -0.810. The fourth-order valence-electron chi connectivity index (χ4n) is 1.53. The van der Waals surface area contributed by atoms with Gasteiger partial charge in [-0.3, -0.25) is 0 Å². The van der Waals surface area contributed by atoms with Gasteiger partial charge in [0.1, 0.15) is 5.82 Å². The van der Waals surface area contributed by atoms with Gasteiger partial charge in [-0.2, -0.15) is 0 Å². The Bertz CT molecular complexity index is 368. The number of pyridine rings is 1. The van der Waals surface area contributed by atoms with E-state index in [2.05, 4.69) is 52.0 Å². The van der Waals surface area contributed by atoms with Crippen molar-refractivity contribution in [1.82, 2.24) is 9.88 Å². The number of hydrogen-bond acceptors (Lipinski definition) is 4. The highest BCUT2D eigenvalue weighted by atomic mass is 79.9. The summed E-state index contributed by atoms with van der Waals surface area (Å²) in [6, 6.07) is 2.48. The summed E-state index contributed by atoms with van der Waals surface area (Å²) in [4.78, 5) is 6.60. The highest BCUT2D eigenvalue weighted by molar-refractivity contribution is 9.10. The number of anilines is 2. The van der Waals surface area contributed by atoms with Gasteiger partial charge in [-0.05, 0) is 62.3 Å². The highest BCUT2D eigenvalue weighted by Crippen LogP contribution is 2.21. The average molecular weight is 315 g/mol. The molecule has 4 nitrogen and oxygen atoms in total. The van der Waals surface area contributed by atoms with Gasteiger partial charge < -0.3 is 16.0 Å². The van der Waals surface area contributed by atoms with Crippen molar-refractivity contribution in [3.8, 4) is 0 Å². The fourth-order valence-corrected chi connectivity index (χ4v) is 2.04. The molecule has 1 rings (SSSR count). The molecule has 0 fully saturated rings. The molecule has 0 spiro atoms. The van der Waals surface area contributed by atoms with E-state index < -0.39 is 0 Å². The van der Waals surface area contributed by atoms with E-state index in [4.69, 9.17) is 5.73 Å². The number of aromatic nitrogens is 1. The summed E-state index contributed by atoms with van der Waals surface area (Å²) in [5, 5.41) is 3.31. The standard InChI is InChI=1S/C13H23BrN4/c1-10(2)18(3)7-5-4-6-16-13-12(14)8-11(15)9-17-13/h8-10H,4-7,15H2,1-3H3,(H,16,17). The normalized spacial score (nSPS) is 11.2. The van der Waals surface area contributed by atoms with Crippen molar-refractivity contribution in [3.63, 3.8) is 0 Å². The van der Waals surface area contributed by atoms with Crippen molar-refractivity contribution in [2.75, 3.05) is 31.2 Å². The quantitative estimate of drug-likeness (QED) is 0.760. The molecule has 0 saturated heterocycles. The number of rotatable bonds is 7. The summed E-state index contributed by atoms with van der Waals surface area (Å²) in [7, 11) is 2.16. The molecule has 0 saturated carbocycles. The van der Waals surface area contributed by atoms with Gasteiger partial charge in [-0.1, -0.05) is 0 Å². The van der Waals surface area contributed by atoms with Crippen LogP contribution in [0.4, 0.5) is 11.5 Å². The maximum absolute atomic E-state index is 5.64. The van der Waals surface area contributed by atoms with E-state index in [0.717, 1.165) is 29.8 Å². The largest absolute Gasteiger partial charge is 0.397 e. The lowest BCUT2D eigenvalue weighted by atomic mass is 10.2. The molecular formula is C13H23BrN4. The van der Waals surface area contributed by atoms with Crippen LogP contribution < -0.4 is 11.1 Å². The number of nitrogens with one attached hydrogen (secondary N) is 1. The first-order valence-corrected chi connectivity index (χ1v) is 7.15. The Balaban J connectivity index is 2.22. The molecule has 1 aromatic rings. The summed E-state index contributed by atoms with van der Waals surface area (Å²) in [6.07, 6.45) is 3.99. The van der Waals surface area contributed by atoms with Crippen LogP contribution in [-0.4, -0.2) is 36.1 Å². The van der Waals surface area contributed by atoms with E-state index in [9.17, 15) is 0 Å². The lowest BCUT2D eigenvalue weighted by Gasteiger charge is -2.20. The maximum atomic E-state index is 5.64. The summed E-state index contributed by atoms with van der Waals surface area (Å²) in [5.74, 6) is 0.862. The summed E-state index contributed by atoms with van der Waals surface area (Å²) >= 11 is 3.45. The van der Waals surface area contributed by atoms with Crippen LogP contribution in [0.25, 0.3) is 0 Å². The molecule has 5 heteroatoms. The van der Waals surface area contributed by atoms with E-state index in [0.29, 0.717) is 11.7 Å². The number of halogens is 1. The average Bonchev–Trinajstić information content (AvgIpc) is 2.30. The molecule has 0 aliphatic carbocycles. The maximum Gasteiger partial charge on any atom is 0.140 e. The molecule has 0 aromatic carbocycles. The van der Waals surface area contributed by atoms with Crippen LogP contribution >= 0.6 is 15.9 Å². The Morgan fingerprint density at radius 1 is 1.44 bits per heavy atom. The van der Waals surface area contributed by atoms with E-state index in [1.165, 1.54) is 6.42 Å². The number of unbranched alkanes of at least 4 members (excludes halogenated alkanes) is 1. The molecule has 0 aliphatic heterocycles. The molecule has 1 heterocycles. The van der Waals surface area contributed by atoms with Gasteiger partial charge in [-0.15, -0.1) is 0 Å². The van der Waals surface area contributed by atoms with Gasteiger partial charge in [0.15, 0.2) is 0 Å². The lowest BCUT2D eigenvalue weighted by molar-refractivity contribution is 0.269. The molecule has 0 atom stereocenters. The zero-order valence-corrected chi connectivity index (χ0v) is 13.0. The van der Waals surface area contributed by atoms with Crippen molar-refractivity contribution in [3.05, 3.63) is 16.7 Å². The molecule has 0 amide bonds. The molecule has 1 aromatic heterocycles. The smallest absolute Gasteiger partial charge is 0.140 e. The number of hydrogen-bond donors (Lipinski definition) is 2. The van der Waals surface area contributed by atoms with Gasteiger partial charge in [0.2, 0.25) is 0 Å². The molecule has 0 bridgehead atoms. The zero-order chi connectivity index (χ0) is 13.5. The Kier molecular flexibility index (Phi) is 6.43. The van der Waals surface area contributed by atoms with Crippen LogP contribution in [0.5, 0.6) is 0 Å². The van der Waals surface area contributed by atoms with Gasteiger partial charge in [0.05, 0.1) is 16.4 Å². The topological polar surface area (TPSA) is 54.2 Å². The Labute approximate surface area is 118 Å². The predicted molar refractivity (Wildman–Crippen MR) is 81.8 cm³/mol.